The van der Waals surface area contributed by atoms with Crippen LogP contribution in [0, 0.1) is 21.7 Å². The van der Waals surface area contributed by atoms with Crippen LogP contribution in [0.4, 0.5) is 11.4 Å². The Hall–Kier alpha value is -4.58. The van der Waals surface area contributed by atoms with Crippen molar-refractivity contribution in [2.24, 2.45) is 21.7 Å². The summed E-state index contributed by atoms with van der Waals surface area (Å²) >= 11 is 0. The Labute approximate surface area is 409 Å². The summed E-state index contributed by atoms with van der Waals surface area (Å²) in [6, 6.07) is 10.6. The van der Waals surface area contributed by atoms with Crippen molar-refractivity contribution >= 4 is 23.2 Å². The van der Waals surface area contributed by atoms with Gasteiger partial charge in [0.05, 0.1) is 90.4 Å². The monoisotopic (exact) mass is 967 g/mol. The molecular formula is C53H78N2O14. The number of nitrogens with one attached hydrogen (secondary N) is 2. The van der Waals surface area contributed by atoms with E-state index in [-0.39, 0.29) is 19.6 Å². The van der Waals surface area contributed by atoms with Gasteiger partial charge in [-0.2, -0.15) is 0 Å². The number of carbonyl (C=O) groups is 2. The lowest BCUT2D eigenvalue weighted by atomic mass is 9.54. The van der Waals surface area contributed by atoms with E-state index in [9.17, 15) is 0 Å². The predicted octanol–water partition coefficient (Wildman–Crippen LogP) is 8.53. The average Bonchev–Trinajstić information content (AvgIpc) is 3.27. The highest BCUT2D eigenvalue weighted by Crippen LogP contribution is 2.65. The molecule has 4 heterocycles. The topological polar surface area (TPSA) is 169 Å². The molecule has 0 fully saturated rings. The highest BCUT2D eigenvalue weighted by Gasteiger charge is 2.70. The lowest BCUT2D eigenvalue weighted by Crippen LogP contribution is -2.67. The number of allylic oxidation sites excluding steroid dienone is 2. The molecule has 0 aliphatic carbocycles. The van der Waals surface area contributed by atoms with Crippen LogP contribution in [0.25, 0.3) is 0 Å². The molecule has 4 aliphatic rings. The third-order valence-electron chi connectivity index (χ3n) is 12.4. The second-order valence-corrected chi connectivity index (χ2v) is 21.7. The fourth-order valence-electron chi connectivity index (χ4n) is 8.68. The Morgan fingerprint density at radius 3 is 0.957 bits per heavy atom. The first-order valence-electron chi connectivity index (χ1n) is 24.3. The van der Waals surface area contributed by atoms with E-state index in [1.807, 2.05) is 41.5 Å². The standard InChI is InChI=1S/C53H78N2O14/c1-48(2,3)44-42(46(56)54-36-13-15-38-40(33-36)66-31-27-62-23-19-58-17-21-60-25-29-64-38)52(50(7,8)9)35-53(68-44,51(10,11)12)43(45(69-52)49(4,5)6)47(57)55-37-14-16-39-41(34-37)67-32-28-63-24-20-59-18-22-61-26-30-65-39/h13-16,33-34H,17-32,35H2,1-12H3,(H,54,56)(H,55,57)/t52-,53-/m1/s1. The summed E-state index contributed by atoms with van der Waals surface area (Å²) in [6.45, 7) is 30.6. The van der Waals surface area contributed by atoms with E-state index in [2.05, 4.69) is 52.2 Å². The van der Waals surface area contributed by atoms with Gasteiger partial charge in [0.25, 0.3) is 11.8 Å². The maximum atomic E-state index is 15.4. The summed E-state index contributed by atoms with van der Waals surface area (Å²) in [5, 5.41) is 6.40. The molecule has 2 aromatic carbocycles. The van der Waals surface area contributed by atoms with Gasteiger partial charge in [0.1, 0.15) is 37.9 Å². The number of ether oxygens (including phenoxy) is 12. The quantitative estimate of drug-likeness (QED) is 0.299. The van der Waals surface area contributed by atoms with E-state index in [0.717, 1.165) is 0 Å². The summed E-state index contributed by atoms with van der Waals surface area (Å²) in [7, 11) is 0. The lowest BCUT2D eigenvalue weighted by molar-refractivity contribution is -0.201. The molecular weight excluding hydrogens is 889 g/mol. The first-order chi connectivity index (χ1) is 32.6. The Balaban J connectivity index is 1.40. The van der Waals surface area contributed by atoms with Crippen molar-refractivity contribution < 1.29 is 66.4 Å². The van der Waals surface area contributed by atoms with Crippen LogP contribution in [-0.4, -0.2) is 129 Å². The van der Waals surface area contributed by atoms with Crippen LogP contribution < -0.4 is 29.6 Å². The van der Waals surface area contributed by atoms with Crippen LogP contribution in [0.1, 0.15) is 89.5 Å². The number of fused-ring (bicyclic) bond motifs is 4. The number of amides is 2. The van der Waals surface area contributed by atoms with Crippen LogP contribution in [0.2, 0.25) is 0 Å². The van der Waals surface area contributed by atoms with Gasteiger partial charge in [0.2, 0.25) is 0 Å². The molecule has 384 valence electrons. The lowest BCUT2D eigenvalue weighted by Gasteiger charge is -2.63. The second-order valence-electron chi connectivity index (χ2n) is 21.7. The molecule has 16 heteroatoms. The minimum atomic E-state index is -1.30. The number of benzene rings is 2. The summed E-state index contributed by atoms with van der Waals surface area (Å²) in [4.78, 5) is 30.8. The smallest absolute Gasteiger partial charge is 0.259 e. The van der Waals surface area contributed by atoms with Crippen molar-refractivity contribution in [3.05, 3.63) is 59.1 Å². The largest absolute Gasteiger partial charge is 0.487 e. The molecule has 0 saturated heterocycles. The molecule has 0 aromatic heterocycles. The Bertz CT molecular complexity index is 1990. The first-order valence-corrected chi connectivity index (χ1v) is 24.3. The molecule has 6 rings (SSSR count). The van der Waals surface area contributed by atoms with Crippen molar-refractivity contribution in [3.8, 4) is 23.0 Å². The molecule has 0 spiro atoms. The molecule has 0 saturated carbocycles. The van der Waals surface area contributed by atoms with Gasteiger partial charge in [-0.25, -0.2) is 0 Å². The van der Waals surface area contributed by atoms with Crippen LogP contribution in [0.3, 0.4) is 0 Å². The zero-order valence-corrected chi connectivity index (χ0v) is 43.2. The van der Waals surface area contributed by atoms with Gasteiger partial charge < -0.3 is 67.5 Å². The van der Waals surface area contributed by atoms with Crippen LogP contribution in [-0.2, 0) is 47.5 Å². The van der Waals surface area contributed by atoms with Crippen LogP contribution in [0.5, 0.6) is 23.0 Å². The predicted molar refractivity (Wildman–Crippen MR) is 261 cm³/mol. The van der Waals surface area contributed by atoms with E-state index in [1.54, 1.807) is 36.4 Å². The third-order valence-corrected chi connectivity index (χ3v) is 12.4. The summed E-state index contributed by atoms with van der Waals surface area (Å²) in [6.07, 6.45) is 0.153. The normalized spacial score (nSPS) is 23.4. The molecule has 2 aromatic rings. The van der Waals surface area contributed by atoms with Crippen molar-refractivity contribution in [1.29, 1.82) is 0 Å². The molecule has 2 bridgehead atoms. The Morgan fingerprint density at radius 1 is 0.406 bits per heavy atom. The van der Waals surface area contributed by atoms with Gasteiger partial charge in [-0.1, -0.05) is 83.1 Å². The molecule has 2 N–H and O–H groups in total. The van der Waals surface area contributed by atoms with Gasteiger partial charge in [0.15, 0.2) is 34.2 Å². The molecule has 16 nitrogen and oxygen atoms in total. The number of carbonyl (C=O) groups excluding carboxylic acids is 2. The van der Waals surface area contributed by atoms with Crippen molar-refractivity contribution in [3.63, 3.8) is 0 Å². The zero-order chi connectivity index (χ0) is 50.1. The van der Waals surface area contributed by atoms with Gasteiger partial charge in [0, 0.05) is 51.6 Å². The first kappa shape index (κ1) is 53.8. The van der Waals surface area contributed by atoms with E-state index in [4.69, 9.17) is 56.8 Å². The fraction of sp³-hybridized carbons (Fsp3) is 0.660. The van der Waals surface area contributed by atoms with Crippen molar-refractivity contribution in [2.75, 3.05) is 116 Å². The molecule has 2 atom stereocenters. The number of rotatable bonds is 4. The maximum Gasteiger partial charge on any atom is 0.259 e. The van der Waals surface area contributed by atoms with Crippen LogP contribution in [0.15, 0.2) is 59.1 Å². The van der Waals surface area contributed by atoms with Gasteiger partial charge in [-0.15, -0.1) is 0 Å². The number of anilines is 2. The van der Waals surface area contributed by atoms with Crippen molar-refractivity contribution in [2.45, 2.75) is 101 Å². The van der Waals surface area contributed by atoms with E-state index >= 15 is 9.59 Å². The Morgan fingerprint density at radius 2 is 0.681 bits per heavy atom. The zero-order valence-electron chi connectivity index (χ0n) is 43.2. The molecule has 0 unspecified atom stereocenters. The number of hydrogen-bond acceptors (Lipinski definition) is 14. The Kier molecular flexibility index (Phi) is 17.7. The summed E-state index contributed by atoms with van der Waals surface area (Å²) < 4.78 is 73.4. The third kappa shape index (κ3) is 13.0. The summed E-state index contributed by atoms with van der Waals surface area (Å²) in [5.74, 6) is 1.93. The van der Waals surface area contributed by atoms with E-state index in [1.165, 1.54) is 0 Å². The van der Waals surface area contributed by atoms with Gasteiger partial charge in [-0.05, 0) is 24.3 Å². The molecule has 69 heavy (non-hydrogen) atoms. The average molecular weight is 967 g/mol. The highest BCUT2D eigenvalue weighted by molar-refractivity contribution is 6.08. The van der Waals surface area contributed by atoms with Gasteiger partial charge >= 0.3 is 0 Å². The van der Waals surface area contributed by atoms with Crippen molar-refractivity contribution in [1.82, 2.24) is 0 Å². The van der Waals surface area contributed by atoms with Crippen LogP contribution >= 0.6 is 0 Å². The molecule has 0 radical (unpaired) electrons. The maximum absolute atomic E-state index is 15.4. The molecule has 2 amide bonds. The fourth-order valence-corrected chi connectivity index (χ4v) is 8.68. The van der Waals surface area contributed by atoms with Gasteiger partial charge in [-0.3, -0.25) is 9.59 Å². The second kappa shape index (κ2) is 22.7. The summed E-state index contributed by atoms with van der Waals surface area (Å²) in [5.41, 5.74) is -3.88. The SMILES string of the molecule is CC(C)(C)C1=C(C(=O)Nc2ccc3c(c2)OCCOCCOCCOCCO3)[C@@]2(C(C)(C)C)C[C@@](C(C)(C)C)(O1)C(C(=O)Nc1ccc3c(c1)OCCOCCOCCOCCO3)=C(C(C)(C)C)O2. The van der Waals surface area contributed by atoms with E-state index in [0.29, 0.717) is 150 Å². The highest BCUT2D eigenvalue weighted by atomic mass is 16.6. The van der Waals surface area contributed by atoms with E-state index < -0.39 is 44.7 Å². The minimum absolute atomic E-state index is 0.153. The number of hydrogen-bond donors (Lipinski definition) is 2. The minimum Gasteiger partial charge on any atom is -0.487 e. The molecule has 4 aliphatic heterocycles.